The van der Waals surface area contributed by atoms with Gasteiger partial charge in [-0.1, -0.05) is 36.4 Å². The van der Waals surface area contributed by atoms with E-state index < -0.39 is 0 Å². The van der Waals surface area contributed by atoms with Crippen LogP contribution in [0.4, 0.5) is 16.4 Å². The highest BCUT2D eigenvalue weighted by Gasteiger charge is 2.25. The number of hydrogen-bond acceptors (Lipinski definition) is 6. The van der Waals surface area contributed by atoms with Crippen LogP contribution >= 0.6 is 11.3 Å². The smallest absolute Gasteiger partial charge is 0.293 e. The van der Waals surface area contributed by atoms with E-state index in [4.69, 9.17) is 0 Å². The summed E-state index contributed by atoms with van der Waals surface area (Å²) < 4.78 is 0. The van der Waals surface area contributed by atoms with Crippen LogP contribution in [-0.4, -0.2) is 24.2 Å². The molecule has 35 heavy (non-hydrogen) atoms. The van der Waals surface area contributed by atoms with Gasteiger partial charge in [-0.3, -0.25) is 10.1 Å². The zero-order valence-corrected chi connectivity index (χ0v) is 20.5. The molecule has 0 N–H and O–H groups in total. The van der Waals surface area contributed by atoms with Gasteiger partial charge >= 0.3 is 0 Å². The van der Waals surface area contributed by atoms with Crippen molar-refractivity contribution >= 4 is 33.9 Å². The van der Waals surface area contributed by atoms with Gasteiger partial charge in [-0.05, 0) is 73.6 Å². The Hall–Kier alpha value is -3.50. The molecule has 0 atom stereocenters. The van der Waals surface area contributed by atoms with Crippen LogP contribution in [0.3, 0.4) is 0 Å². The number of nitrogens with zero attached hydrogens (tertiary/aromatic N) is 4. The summed E-state index contributed by atoms with van der Waals surface area (Å²) in [6.45, 7) is 1.64. The lowest BCUT2D eigenvalue weighted by atomic mass is 9.90. The Labute approximate surface area is 209 Å². The van der Waals surface area contributed by atoms with Gasteiger partial charge in [0, 0.05) is 30.2 Å². The standard InChI is InChI=1S/C28H28N4O2S/c29-18-24-23-8-4-5-9-27(23)35-28(24)30-19-22-10-11-25(26(17-22)32(33)34)31-14-12-21(13-15-31)16-20-6-2-1-3-7-20/h1-3,6-7,10-11,17,19,21H,4-5,8-9,12-16H2. The fraction of sp³-hybridized carbons (Fsp3) is 0.357. The number of nitriles is 1. The summed E-state index contributed by atoms with van der Waals surface area (Å²) in [7, 11) is 0. The first-order valence-corrected chi connectivity index (χ1v) is 13.1. The molecule has 5 rings (SSSR count). The Morgan fingerprint density at radius 2 is 1.91 bits per heavy atom. The van der Waals surface area contributed by atoms with Crippen molar-refractivity contribution in [1.82, 2.24) is 0 Å². The molecular weight excluding hydrogens is 456 g/mol. The summed E-state index contributed by atoms with van der Waals surface area (Å²) >= 11 is 1.58. The lowest BCUT2D eigenvalue weighted by molar-refractivity contribution is -0.384. The molecular formula is C28H28N4O2S. The number of aryl methyl sites for hydroxylation is 1. The molecule has 0 bridgehead atoms. The molecule has 1 fully saturated rings. The Balaban J connectivity index is 1.31. The first kappa shape index (κ1) is 23.3. The molecule has 1 aliphatic heterocycles. The zero-order chi connectivity index (χ0) is 24.2. The summed E-state index contributed by atoms with van der Waals surface area (Å²) in [5.41, 5.74) is 4.63. The topological polar surface area (TPSA) is 82.5 Å². The van der Waals surface area contributed by atoms with E-state index in [1.54, 1.807) is 23.6 Å². The number of anilines is 1. The summed E-state index contributed by atoms with van der Waals surface area (Å²) in [6.07, 6.45) is 8.96. The van der Waals surface area contributed by atoms with Gasteiger partial charge in [0.15, 0.2) is 0 Å². The van der Waals surface area contributed by atoms with Crippen molar-refractivity contribution in [3.63, 3.8) is 0 Å². The molecule has 0 unspecified atom stereocenters. The quantitative estimate of drug-likeness (QED) is 0.224. The van der Waals surface area contributed by atoms with E-state index in [0.29, 0.717) is 27.7 Å². The summed E-state index contributed by atoms with van der Waals surface area (Å²) in [5, 5.41) is 22.3. The van der Waals surface area contributed by atoms with Gasteiger partial charge in [0.1, 0.15) is 16.8 Å². The van der Waals surface area contributed by atoms with Crippen LogP contribution in [0.15, 0.2) is 53.5 Å². The average Bonchev–Trinajstić information content (AvgIpc) is 3.26. The molecule has 2 aromatic carbocycles. The van der Waals surface area contributed by atoms with Crippen molar-refractivity contribution < 1.29 is 4.92 Å². The largest absolute Gasteiger partial charge is 0.366 e. The first-order chi connectivity index (χ1) is 17.1. The van der Waals surface area contributed by atoms with Crippen molar-refractivity contribution in [3.05, 3.63) is 85.8 Å². The highest BCUT2D eigenvalue weighted by atomic mass is 32.1. The number of fused-ring (bicyclic) bond motifs is 1. The molecule has 0 radical (unpaired) electrons. The number of nitro groups is 1. The minimum atomic E-state index is -0.298. The maximum Gasteiger partial charge on any atom is 0.293 e. The molecule has 3 aromatic rings. The van der Waals surface area contributed by atoms with Crippen LogP contribution < -0.4 is 4.90 Å². The Kier molecular flexibility index (Phi) is 6.91. The third-order valence-electron chi connectivity index (χ3n) is 7.11. The molecule has 0 amide bonds. The maximum atomic E-state index is 11.9. The van der Waals surface area contributed by atoms with Crippen LogP contribution in [0.5, 0.6) is 0 Å². The fourth-order valence-electron chi connectivity index (χ4n) is 5.25. The zero-order valence-electron chi connectivity index (χ0n) is 19.7. The van der Waals surface area contributed by atoms with E-state index in [1.807, 2.05) is 18.2 Å². The molecule has 0 spiro atoms. The lowest BCUT2D eigenvalue weighted by Gasteiger charge is -2.33. The van der Waals surface area contributed by atoms with Crippen LogP contribution in [0.1, 0.15) is 52.8 Å². The van der Waals surface area contributed by atoms with Crippen molar-refractivity contribution in [3.8, 4) is 6.07 Å². The third kappa shape index (κ3) is 5.13. The fourth-order valence-corrected chi connectivity index (χ4v) is 6.43. The van der Waals surface area contributed by atoms with Gasteiger partial charge < -0.3 is 4.90 Å². The van der Waals surface area contributed by atoms with Gasteiger partial charge in [-0.2, -0.15) is 5.26 Å². The minimum Gasteiger partial charge on any atom is -0.366 e. The molecule has 1 aromatic heterocycles. The lowest BCUT2D eigenvalue weighted by Crippen LogP contribution is -2.34. The second kappa shape index (κ2) is 10.4. The Morgan fingerprint density at radius 1 is 1.14 bits per heavy atom. The second-order valence-electron chi connectivity index (χ2n) is 9.39. The summed E-state index contributed by atoms with van der Waals surface area (Å²) in [5.74, 6) is 0.602. The first-order valence-electron chi connectivity index (χ1n) is 12.3. The van der Waals surface area contributed by atoms with E-state index in [0.717, 1.165) is 63.6 Å². The van der Waals surface area contributed by atoms with Crippen molar-refractivity contribution in [2.45, 2.75) is 44.9 Å². The van der Waals surface area contributed by atoms with Gasteiger partial charge in [-0.15, -0.1) is 11.3 Å². The number of aliphatic imine (C=N–C) groups is 1. The normalized spacial score (nSPS) is 16.3. The number of piperidine rings is 1. The van der Waals surface area contributed by atoms with Crippen molar-refractivity contribution in [2.24, 2.45) is 10.9 Å². The number of hydrogen-bond donors (Lipinski definition) is 0. The number of benzene rings is 2. The molecule has 0 saturated carbocycles. The second-order valence-corrected chi connectivity index (χ2v) is 10.5. The van der Waals surface area contributed by atoms with Crippen LogP contribution in [-0.2, 0) is 19.3 Å². The Bertz CT molecular complexity index is 1280. The van der Waals surface area contributed by atoms with Crippen LogP contribution in [0, 0.1) is 27.4 Å². The predicted octanol–water partition coefficient (Wildman–Crippen LogP) is 6.62. The van der Waals surface area contributed by atoms with Gasteiger partial charge in [0.25, 0.3) is 5.69 Å². The molecule has 178 valence electrons. The number of thiophene rings is 1. The molecule has 6 nitrogen and oxygen atoms in total. The van der Waals surface area contributed by atoms with Gasteiger partial charge in [-0.25, -0.2) is 4.99 Å². The third-order valence-corrected chi connectivity index (χ3v) is 8.31. The minimum absolute atomic E-state index is 0.112. The van der Waals surface area contributed by atoms with E-state index in [-0.39, 0.29) is 10.6 Å². The van der Waals surface area contributed by atoms with E-state index >= 15 is 0 Å². The van der Waals surface area contributed by atoms with Gasteiger partial charge in [0.05, 0.1) is 10.5 Å². The number of rotatable bonds is 6. The highest BCUT2D eigenvalue weighted by molar-refractivity contribution is 7.16. The summed E-state index contributed by atoms with van der Waals surface area (Å²) in [4.78, 5) is 19.6. The Morgan fingerprint density at radius 3 is 2.66 bits per heavy atom. The number of nitro benzene ring substituents is 1. The van der Waals surface area contributed by atoms with E-state index in [2.05, 4.69) is 40.2 Å². The van der Waals surface area contributed by atoms with E-state index in [9.17, 15) is 15.4 Å². The van der Waals surface area contributed by atoms with Crippen LogP contribution in [0.2, 0.25) is 0 Å². The molecule has 1 aliphatic carbocycles. The molecule has 7 heteroatoms. The van der Waals surface area contributed by atoms with Crippen molar-refractivity contribution in [2.75, 3.05) is 18.0 Å². The maximum absolute atomic E-state index is 11.9. The molecule has 2 heterocycles. The monoisotopic (exact) mass is 484 g/mol. The predicted molar refractivity (Wildman–Crippen MR) is 141 cm³/mol. The SMILES string of the molecule is N#Cc1c(N=Cc2ccc(N3CCC(Cc4ccccc4)CC3)c([N+](=O)[O-])c2)sc2c1CCCC2. The van der Waals surface area contributed by atoms with Gasteiger partial charge in [0.2, 0.25) is 0 Å². The van der Waals surface area contributed by atoms with Crippen molar-refractivity contribution in [1.29, 1.82) is 5.26 Å². The molecule has 1 saturated heterocycles. The molecule has 2 aliphatic rings. The van der Waals surface area contributed by atoms with E-state index in [1.165, 1.54) is 10.4 Å². The average molecular weight is 485 g/mol. The highest BCUT2D eigenvalue weighted by Crippen LogP contribution is 2.39. The van der Waals surface area contributed by atoms with Crippen LogP contribution in [0.25, 0.3) is 0 Å². The summed E-state index contributed by atoms with van der Waals surface area (Å²) in [6, 6.07) is 18.2.